The summed E-state index contributed by atoms with van der Waals surface area (Å²) in [6, 6.07) is 5.47. The number of nitrogens with zero attached hydrogens (tertiary/aromatic N) is 6. The number of ether oxygens (including phenoxy) is 1. The van der Waals surface area contributed by atoms with Gasteiger partial charge in [-0.25, -0.2) is 9.97 Å². The van der Waals surface area contributed by atoms with Crippen LogP contribution in [0.25, 0.3) is 11.0 Å². The lowest BCUT2D eigenvalue weighted by molar-refractivity contribution is -0.174. The molecule has 1 saturated heterocycles. The number of aromatic nitrogens is 5. The van der Waals surface area contributed by atoms with Crippen LogP contribution in [0.15, 0.2) is 24.4 Å². The van der Waals surface area contributed by atoms with Crippen LogP contribution >= 0.6 is 0 Å². The molecule has 3 aromatic heterocycles. The SMILES string of the molecule is Cc1nn(CCOCC(F)(F)F)c2c(Nc3ccccn3)nc(N3CCCNCC3)nc12. The van der Waals surface area contributed by atoms with Crippen molar-refractivity contribution in [2.45, 2.75) is 26.1 Å². The minimum Gasteiger partial charge on any atom is -0.370 e. The quantitative estimate of drug-likeness (QED) is 0.531. The average molecular weight is 450 g/mol. The molecule has 1 aliphatic heterocycles. The van der Waals surface area contributed by atoms with Crippen molar-refractivity contribution in [1.82, 2.24) is 30.0 Å². The van der Waals surface area contributed by atoms with Gasteiger partial charge >= 0.3 is 6.18 Å². The number of pyridine rings is 1. The number of aryl methyl sites for hydroxylation is 1. The number of halogens is 3. The summed E-state index contributed by atoms with van der Waals surface area (Å²) in [6.45, 7) is 3.87. The second kappa shape index (κ2) is 9.65. The van der Waals surface area contributed by atoms with Crippen LogP contribution in [0.3, 0.4) is 0 Å². The molecule has 0 aromatic carbocycles. The summed E-state index contributed by atoms with van der Waals surface area (Å²) in [7, 11) is 0. The van der Waals surface area contributed by atoms with E-state index >= 15 is 0 Å². The Hall–Kier alpha value is -2.99. The minimum atomic E-state index is -4.37. The Morgan fingerprint density at radius 3 is 2.84 bits per heavy atom. The van der Waals surface area contributed by atoms with Gasteiger partial charge in [0.05, 0.1) is 18.8 Å². The molecule has 0 spiro atoms. The molecular weight excluding hydrogens is 425 g/mol. The Morgan fingerprint density at radius 2 is 2.06 bits per heavy atom. The molecule has 12 heteroatoms. The number of nitrogens with one attached hydrogen (secondary N) is 2. The summed E-state index contributed by atoms with van der Waals surface area (Å²) in [5, 5.41) is 11.1. The third kappa shape index (κ3) is 5.43. The topological polar surface area (TPSA) is 93.0 Å². The highest BCUT2D eigenvalue weighted by Gasteiger charge is 2.27. The van der Waals surface area contributed by atoms with E-state index in [0.29, 0.717) is 34.3 Å². The first-order valence-corrected chi connectivity index (χ1v) is 10.4. The normalized spacial score (nSPS) is 15.2. The summed E-state index contributed by atoms with van der Waals surface area (Å²) in [6.07, 6.45) is -1.73. The van der Waals surface area contributed by atoms with E-state index in [1.54, 1.807) is 10.9 Å². The summed E-state index contributed by atoms with van der Waals surface area (Å²) in [5.41, 5.74) is 1.90. The summed E-state index contributed by atoms with van der Waals surface area (Å²) >= 11 is 0. The summed E-state index contributed by atoms with van der Waals surface area (Å²) < 4.78 is 43.6. The molecule has 172 valence electrons. The first kappa shape index (κ1) is 22.2. The van der Waals surface area contributed by atoms with Crippen LogP contribution in [-0.2, 0) is 11.3 Å². The highest BCUT2D eigenvalue weighted by atomic mass is 19.4. The molecule has 4 heterocycles. The lowest BCUT2D eigenvalue weighted by Gasteiger charge is -2.21. The molecule has 9 nitrogen and oxygen atoms in total. The third-order valence-electron chi connectivity index (χ3n) is 4.99. The summed E-state index contributed by atoms with van der Waals surface area (Å²) in [5.74, 6) is 1.67. The molecule has 0 radical (unpaired) electrons. The molecule has 0 amide bonds. The van der Waals surface area contributed by atoms with E-state index in [0.717, 1.165) is 32.6 Å². The van der Waals surface area contributed by atoms with E-state index in [1.807, 2.05) is 25.1 Å². The summed E-state index contributed by atoms with van der Waals surface area (Å²) in [4.78, 5) is 15.9. The van der Waals surface area contributed by atoms with Gasteiger partial charge in [0.15, 0.2) is 5.82 Å². The molecule has 0 aliphatic carbocycles. The van der Waals surface area contributed by atoms with Gasteiger partial charge in [-0.3, -0.25) is 4.68 Å². The Balaban J connectivity index is 1.68. The van der Waals surface area contributed by atoms with Gasteiger partial charge in [-0.05, 0) is 32.0 Å². The molecule has 0 atom stereocenters. The van der Waals surface area contributed by atoms with Gasteiger partial charge in [0, 0.05) is 25.8 Å². The third-order valence-corrected chi connectivity index (χ3v) is 4.99. The van der Waals surface area contributed by atoms with Gasteiger partial charge < -0.3 is 20.3 Å². The highest BCUT2D eigenvalue weighted by molar-refractivity contribution is 5.90. The number of rotatable bonds is 7. The largest absolute Gasteiger partial charge is 0.411 e. The van der Waals surface area contributed by atoms with Crippen LogP contribution in [0, 0.1) is 6.92 Å². The number of alkyl halides is 3. The molecule has 3 aromatic rings. The van der Waals surface area contributed by atoms with Gasteiger partial charge in [-0.15, -0.1) is 0 Å². The Bertz CT molecular complexity index is 1030. The molecule has 0 saturated carbocycles. The number of hydrogen-bond donors (Lipinski definition) is 2. The fourth-order valence-electron chi connectivity index (χ4n) is 3.55. The van der Waals surface area contributed by atoms with Gasteiger partial charge in [0.25, 0.3) is 0 Å². The first-order chi connectivity index (χ1) is 15.4. The second-order valence-electron chi connectivity index (χ2n) is 7.48. The molecule has 0 unspecified atom stereocenters. The molecular formula is C20H25F3N8O. The van der Waals surface area contributed by atoms with Crippen molar-refractivity contribution >= 4 is 28.6 Å². The van der Waals surface area contributed by atoms with Crippen molar-refractivity contribution < 1.29 is 17.9 Å². The lowest BCUT2D eigenvalue weighted by atomic mass is 10.3. The van der Waals surface area contributed by atoms with Crippen LogP contribution in [0.5, 0.6) is 0 Å². The minimum absolute atomic E-state index is 0.133. The van der Waals surface area contributed by atoms with E-state index in [9.17, 15) is 13.2 Å². The van der Waals surface area contributed by atoms with Crippen LogP contribution in [0.2, 0.25) is 0 Å². The van der Waals surface area contributed by atoms with Gasteiger partial charge in [0.2, 0.25) is 5.95 Å². The molecule has 2 N–H and O–H groups in total. The van der Waals surface area contributed by atoms with Crippen LogP contribution in [0.1, 0.15) is 12.1 Å². The first-order valence-electron chi connectivity index (χ1n) is 10.4. The fourth-order valence-corrected chi connectivity index (χ4v) is 3.55. The predicted octanol–water partition coefficient (Wildman–Crippen LogP) is 2.65. The fraction of sp³-hybridized carbons (Fsp3) is 0.500. The molecule has 0 bridgehead atoms. The van der Waals surface area contributed by atoms with Crippen molar-refractivity contribution in [2.24, 2.45) is 0 Å². The Morgan fingerprint density at radius 1 is 1.19 bits per heavy atom. The van der Waals surface area contributed by atoms with E-state index in [4.69, 9.17) is 14.7 Å². The van der Waals surface area contributed by atoms with Gasteiger partial charge in [0.1, 0.15) is 23.5 Å². The molecule has 32 heavy (non-hydrogen) atoms. The van der Waals surface area contributed by atoms with Gasteiger partial charge in [-0.1, -0.05) is 6.07 Å². The van der Waals surface area contributed by atoms with Crippen molar-refractivity contribution in [2.75, 3.05) is 49.6 Å². The van der Waals surface area contributed by atoms with Crippen molar-refractivity contribution in [3.05, 3.63) is 30.1 Å². The monoisotopic (exact) mass is 450 g/mol. The predicted molar refractivity (Wildman–Crippen MR) is 114 cm³/mol. The van der Waals surface area contributed by atoms with E-state index < -0.39 is 12.8 Å². The maximum atomic E-state index is 12.4. The molecule has 4 rings (SSSR count). The maximum Gasteiger partial charge on any atom is 0.411 e. The van der Waals surface area contributed by atoms with Gasteiger partial charge in [-0.2, -0.15) is 23.3 Å². The zero-order valence-corrected chi connectivity index (χ0v) is 17.7. The second-order valence-corrected chi connectivity index (χ2v) is 7.48. The zero-order valence-electron chi connectivity index (χ0n) is 17.7. The number of hydrogen-bond acceptors (Lipinski definition) is 8. The van der Waals surface area contributed by atoms with Crippen molar-refractivity contribution in [3.63, 3.8) is 0 Å². The smallest absolute Gasteiger partial charge is 0.370 e. The highest BCUT2D eigenvalue weighted by Crippen LogP contribution is 2.28. The average Bonchev–Trinajstić information content (AvgIpc) is 2.93. The zero-order chi connectivity index (χ0) is 22.6. The Labute approximate surface area is 183 Å². The number of anilines is 3. The molecule has 1 fully saturated rings. The van der Waals surface area contributed by atoms with Crippen LogP contribution in [0.4, 0.5) is 30.8 Å². The van der Waals surface area contributed by atoms with E-state index in [1.165, 1.54) is 0 Å². The Kier molecular flexibility index (Phi) is 6.70. The molecule has 1 aliphatic rings. The van der Waals surface area contributed by atoms with Crippen LogP contribution < -0.4 is 15.5 Å². The van der Waals surface area contributed by atoms with Crippen LogP contribution in [-0.4, -0.2) is 70.3 Å². The lowest BCUT2D eigenvalue weighted by Crippen LogP contribution is -2.29. The van der Waals surface area contributed by atoms with Crippen molar-refractivity contribution in [3.8, 4) is 0 Å². The maximum absolute atomic E-state index is 12.4. The number of fused-ring (bicyclic) bond motifs is 1. The van der Waals surface area contributed by atoms with Crippen molar-refractivity contribution in [1.29, 1.82) is 0 Å². The standard InChI is InChI=1S/C20H25F3N8O/c1-14-16-17(31(29-14)11-12-32-13-20(21,22)23)18(26-15-5-2-3-7-25-15)28-19(27-16)30-9-4-6-24-8-10-30/h2-3,5,7,24H,4,6,8-13H2,1H3,(H,25,26,27,28). The van der Waals surface area contributed by atoms with E-state index in [-0.39, 0.29) is 13.2 Å². The van der Waals surface area contributed by atoms with E-state index in [2.05, 4.69) is 25.6 Å².